The maximum Gasteiger partial charge on any atom is 0.175 e. The number of nitrogens with one attached hydrogen (secondary N) is 1. The minimum absolute atomic E-state index is 0.164. The Morgan fingerprint density at radius 2 is 1.85 bits per heavy atom. The SMILES string of the molecule is CS(=O)(=O)c1cccc(-c2ccccc2NC(N)=S)c1. The number of sulfone groups is 1. The van der Waals surface area contributed by atoms with E-state index in [-0.39, 0.29) is 10.0 Å². The number of para-hydroxylation sites is 1. The van der Waals surface area contributed by atoms with Gasteiger partial charge in [0.15, 0.2) is 14.9 Å². The number of hydrogen-bond donors (Lipinski definition) is 2. The van der Waals surface area contributed by atoms with Crippen LogP contribution in [0.5, 0.6) is 0 Å². The second kappa shape index (κ2) is 5.60. The number of thiocarbonyl (C=S) groups is 1. The van der Waals surface area contributed by atoms with Gasteiger partial charge in [-0.3, -0.25) is 0 Å². The van der Waals surface area contributed by atoms with Gasteiger partial charge in [0.1, 0.15) is 0 Å². The molecule has 20 heavy (non-hydrogen) atoms. The van der Waals surface area contributed by atoms with Gasteiger partial charge in [0.2, 0.25) is 0 Å². The summed E-state index contributed by atoms with van der Waals surface area (Å²) in [5.41, 5.74) is 7.86. The second-order valence-corrected chi connectivity index (χ2v) is 6.79. The summed E-state index contributed by atoms with van der Waals surface area (Å²) in [6.07, 6.45) is 1.19. The third kappa shape index (κ3) is 3.34. The van der Waals surface area contributed by atoms with E-state index < -0.39 is 9.84 Å². The smallest absolute Gasteiger partial charge is 0.175 e. The monoisotopic (exact) mass is 306 g/mol. The molecule has 104 valence electrons. The zero-order valence-corrected chi connectivity index (χ0v) is 12.5. The van der Waals surface area contributed by atoms with Crippen LogP contribution in [0.15, 0.2) is 53.4 Å². The first-order valence-corrected chi connectivity index (χ1v) is 8.14. The largest absolute Gasteiger partial charge is 0.376 e. The van der Waals surface area contributed by atoms with Crippen LogP contribution < -0.4 is 11.1 Å². The Morgan fingerprint density at radius 3 is 2.50 bits per heavy atom. The van der Waals surface area contributed by atoms with Crippen molar-refractivity contribution in [3.05, 3.63) is 48.5 Å². The topological polar surface area (TPSA) is 72.2 Å². The molecular formula is C14H14N2O2S2. The molecule has 0 bridgehead atoms. The average Bonchev–Trinajstić information content (AvgIpc) is 2.38. The van der Waals surface area contributed by atoms with Crippen LogP contribution in [-0.2, 0) is 9.84 Å². The molecule has 0 saturated heterocycles. The van der Waals surface area contributed by atoms with Gasteiger partial charge in [-0.2, -0.15) is 0 Å². The second-order valence-electron chi connectivity index (χ2n) is 4.33. The van der Waals surface area contributed by atoms with Gasteiger partial charge in [0, 0.05) is 17.5 Å². The molecule has 0 aromatic heterocycles. The molecule has 0 aliphatic rings. The van der Waals surface area contributed by atoms with Crippen molar-refractivity contribution in [2.75, 3.05) is 11.6 Å². The van der Waals surface area contributed by atoms with Gasteiger partial charge < -0.3 is 11.1 Å². The molecule has 4 nitrogen and oxygen atoms in total. The van der Waals surface area contributed by atoms with Gasteiger partial charge in [-0.25, -0.2) is 8.42 Å². The van der Waals surface area contributed by atoms with Gasteiger partial charge in [-0.1, -0.05) is 30.3 Å². The number of rotatable bonds is 3. The molecule has 0 aliphatic carbocycles. The summed E-state index contributed by atoms with van der Waals surface area (Å²) >= 11 is 4.84. The quantitative estimate of drug-likeness (QED) is 0.852. The van der Waals surface area contributed by atoms with E-state index in [1.807, 2.05) is 30.3 Å². The standard InChI is InChI=1S/C14H14N2O2S2/c1-20(17,18)11-6-4-5-10(9-11)12-7-2-3-8-13(12)16-14(15)19/h2-9H,1H3,(H3,15,16,19). The first kappa shape index (κ1) is 14.5. The lowest BCUT2D eigenvalue weighted by atomic mass is 10.0. The summed E-state index contributed by atoms with van der Waals surface area (Å²) < 4.78 is 23.2. The molecule has 2 aromatic rings. The fourth-order valence-corrected chi connectivity index (χ4v) is 2.65. The lowest BCUT2D eigenvalue weighted by Crippen LogP contribution is -2.19. The van der Waals surface area contributed by atoms with Crippen LogP contribution in [0.2, 0.25) is 0 Å². The average molecular weight is 306 g/mol. The van der Waals surface area contributed by atoms with Crippen LogP contribution in [0, 0.1) is 0 Å². The van der Waals surface area contributed by atoms with E-state index in [4.69, 9.17) is 18.0 Å². The molecular weight excluding hydrogens is 292 g/mol. The fraction of sp³-hybridized carbons (Fsp3) is 0.0714. The zero-order chi connectivity index (χ0) is 14.8. The van der Waals surface area contributed by atoms with Crippen molar-refractivity contribution in [1.29, 1.82) is 0 Å². The Labute approximate surface area is 123 Å². The molecule has 2 aromatic carbocycles. The van der Waals surface area contributed by atoms with Crippen LogP contribution in [0.4, 0.5) is 5.69 Å². The summed E-state index contributed by atoms with van der Waals surface area (Å²) in [7, 11) is -3.24. The van der Waals surface area contributed by atoms with Crippen molar-refractivity contribution in [1.82, 2.24) is 0 Å². The van der Waals surface area contributed by atoms with E-state index in [9.17, 15) is 8.42 Å². The van der Waals surface area contributed by atoms with Crippen LogP contribution in [0.25, 0.3) is 11.1 Å². The number of benzene rings is 2. The molecule has 2 rings (SSSR count). The van der Waals surface area contributed by atoms with E-state index in [2.05, 4.69) is 5.32 Å². The minimum Gasteiger partial charge on any atom is -0.376 e. The molecule has 0 saturated carbocycles. The third-order valence-corrected chi connectivity index (χ3v) is 3.97. The summed E-state index contributed by atoms with van der Waals surface area (Å²) in [6, 6.07) is 14.2. The molecule has 0 radical (unpaired) electrons. The predicted octanol–water partition coefficient (Wildman–Crippen LogP) is 2.41. The maximum atomic E-state index is 11.6. The fourth-order valence-electron chi connectivity index (χ4n) is 1.87. The van der Waals surface area contributed by atoms with Crippen molar-refractivity contribution >= 4 is 32.9 Å². The zero-order valence-electron chi connectivity index (χ0n) is 10.8. The number of anilines is 1. The van der Waals surface area contributed by atoms with Gasteiger partial charge in [0.25, 0.3) is 0 Å². The highest BCUT2D eigenvalue weighted by Gasteiger charge is 2.10. The van der Waals surface area contributed by atoms with Crippen LogP contribution in [0.3, 0.4) is 0 Å². The van der Waals surface area contributed by atoms with E-state index in [1.54, 1.807) is 18.2 Å². The first-order chi connectivity index (χ1) is 9.38. The first-order valence-electron chi connectivity index (χ1n) is 5.84. The summed E-state index contributed by atoms with van der Waals surface area (Å²) in [6.45, 7) is 0. The normalized spacial score (nSPS) is 11.1. The molecule has 0 aliphatic heterocycles. The lowest BCUT2D eigenvalue weighted by molar-refractivity contribution is 0.602. The van der Waals surface area contributed by atoms with Crippen molar-refractivity contribution in [3.8, 4) is 11.1 Å². The van der Waals surface area contributed by atoms with E-state index in [1.165, 1.54) is 6.26 Å². The van der Waals surface area contributed by atoms with Crippen LogP contribution >= 0.6 is 12.2 Å². The number of hydrogen-bond acceptors (Lipinski definition) is 3. The molecule has 0 fully saturated rings. The Morgan fingerprint density at radius 1 is 1.15 bits per heavy atom. The van der Waals surface area contributed by atoms with Gasteiger partial charge in [-0.05, 0) is 36.0 Å². The summed E-state index contributed by atoms with van der Waals surface area (Å²) in [5.74, 6) is 0. The molecule has 3 N–H and O–H groups in total. The molecule has 0 spiro atoms. The Kier molecular flexibility index (Phi) is 4.06. The Bertz CT molecular complexity index is 755. The lowest BCUT2D eigenvalue weighted by Gasteiger charge is -2.11. The van der Waals surface area contributed by atoms with E-state index in [0.717, 1.165) is 16.8 Å². The molecule has 0 heterocycles. The van der Waals surface area contributed by atoms with Gasteiger partial charge in [-0.15, -0.1) is 0 Å². The molecule has 0 atom stereocenters. The predicted molar refractivity (Wildman–Crippen MR) is 85.4 cm³/mol. The van der Waals surface area contributed by atoms with E-state index >= 15 is 0 Å². The van der Waals surface area contributed by atoms with Gasteiger partial charge >= 0.3 is 0 Å². The van der Waals surface area contributed by atoms with Crippen molar-refractivity contribution < 1.29 is 8.42 Å². The Balaban J connectivity index is 2.55. The minimum atomic E-state index is -3.24. The van der Waals surface area contributed by atoms with Crippen molar-refractivity contribution in [2.45, 2.75) is 4.90 Å². The molecule has 0 amide bonds. The van der Waals surface area contributed by atoms with Crippen LogP contribution in [0.1, 0.15) is 0 Å². The molecule has 6 heteroatoms. The van der Waals surface area contributed by atoms with Crippen molar-refractivity contribution in [3.63, 3.8) is 0 Å². The summed E-state index contributed by atoms with van der Waals surface area (Å²) in [5, 5.41) is 3.05. The van der Waals surface area contributed by atoms with Crippen LogP contribution in [-0.4, -0.2) is 19.8 Å². The molecule has 0 unspecified atom stereocenters. The maximum absolute atomic E-state index is 11.6. The summed E-state index contributed by atoms with van der Waals surface area (Å²) in [4.78, 5) is 0.278. The highest BCUT2D eigenvalue weighted by atomic mass is 32.2. The van der Waals surface area contributed by atoms with E-state index in [0.29, 0.717) is 0 Å². The van der Waals surface area contributed by atoms with Crippen molar-refractivity contribution in [2.24, 2.45) is 5.73 Å². The Hall–Kier alpha value is -1.92. The third-order valence-electron chi connectivity index (χ3n) is 2.76. The highest BCUT2D eigenvalue weighted by Crippen LogP contribution is 2.29. The number of nitrogens with two attached hydrogens (primary N) is 1. The van der Waals surface area contributed by atoms with Gasteiger partial charge in [0.05, 0.1) is 4.90 Å². The highest BCUT2D eigenvalue weighted by molar-refractivity contribution is 7.90.